The Kier molecular flexibility index (Phi) is 8.10. The largest absolute Gasteiger partial charge is 0.348 e. The average molecular weight is 401 g/mol. The van der Waals surface area contributed by atoms with E-state index in [9.17, 15) is 4.79 Å². The highest BCUT2D eigenvalue weighted by Gasteiger charge is 2.18. The van der Waals surface area contributed by atoms with Crippen molar-refractivity contribution in [3.05, 3.63) is 27.5 Å². The fourth-order valence-corrected chi connectivity index (χ4v) is 4.06. The number of halogens is 3. The number of hydrogen-bond acceptors (Lipinski definition) is 5. The molecule has 0 spiro atoms. The number of carbonyl (C=O) groups excluding carboxylic acids is 1. The van der Waals surface area contributed by atoms with E-state index in [-0.39, 0.29) is 36.8 Å². The first-order chi connectivity index (χ1) is 9.72. The van der Waals surface area contributed by atoms with Gasteiger partial charge in [0, 0.05) is 11.4 Å². The highest BCUT2D eigenvalue weighted by molar-refractivity contribution is 7.23. The first kappa shape index (κ1) is 19.7. The van der Waals surface area contributed by atoms with Crippen LogP contribution in [-0.2, 0) is 0 Å². The van der Waals surface area contributed by atoms with Gasteiger partial charge in [-0.1, -0.05) is 11.6 Å². The van der Waals surface area contributed by atoms with Crippen molar-refractivity contribution < 1.29 is 4.79 Å². The average Bonchev–Trinajstić information content (AvgIpc) is 3.08. The highest BCUT2D eigenvalue weighted by Crippen LogP contribution is 2.32. The van der Waals surface area contributed by atoms with Crippen LogP contribution in [0.4, 0.5) is 0 Å². The number of piperidine rings is 1. The van der Waals surface area contributed by atoms with Gasteiger partial charge in [-0.25, -0.2) is 4.98 Å². The Hall–Kier alpha value is -0.370. The van der Waals surface area contributed by atoms with Crippen LogP contribution in [0.3, 0.4) is 0 Å². The Morgan fingerprint density at radius 2 is 2.05 bits per heavy atom. The summed E-state index contributed by atoms with van der Waals surface area (Å²) in [5.74, 6) is -0.0814. The van der Waals surface area contributed by atoms with Crippen LogP contribution in [0.15, 0.2) is 17.5 Å². The number of rotatable bonds is 3. The minimum atomic E-state index is -0.0814. The number of nitrogens with zero attached hydrogens (tertiary/aromatic N) is 1. The molecule has 2 aromatic heterocycles. The standard InChI is InChI=1S/C13H14ClN3OS2.2ClH/c14-11-2-1-10(20-11)13-17-9(7-19-13)12(18)16-8-3-5-15-6-4-8;;/h1-2,7-8,15H,3-6H2,(H,16,18);2*1H. The summed E-state index contributed by atoms with van der Waals surface area (Å²) < 4.78 is 0.732. The SMILES string of the molecule is Cl.Cl.O=C(NC1CCNCC1)c1csc(-c2ccc(Cl)s2)n1. The Morgan fingerprint density at radius 3 is 2.68 bits per heavy atom. The molecule has 1 saturated heterocycles. The summed E-state index contributed by atoms with van der Waals surface area (Å²) in [4.78, 5) is 17.6. The molecule has 9 heteroatoms. The summed E-state index contributed by atoms with van der Waals surface area (Å²) in [7, 11) is 0. The van der Waals surface area contributed by atoms with Crippen LogP contribution in [0.2, 0.25) is 4.34 Å². The molecule has 1 aliphatic heterocycles. The van der Waals surface area contributed by atoms with Gasteiger partial charge < -0.3 is 10.6 Å². The van der Waals surface area contributed by atoms with Crippen molar-refractivity contribution in [2.45, 2.75) is 18.9 Å². The number of thiophene rings is 1. The number of carbonyl (C=O) groups is 1. The molecule has 4 nitrogen and oxygen atoms in total. The van der Waals surface area contributed by atoms with E-state index < -0.39 is 0 Å². The first-order valence-electron chi connectivity index (χ1n) is 6.45. The molecule has 0 unspecified atom stereocenters. The lowest BCUT2D eigenvalue weighted by Gasteiger charge is -2.23. The Labute approximate surface area is 154 Å². The molecule has 3 rings (SSSR count). The van der Waals surface area contributed by atoms with Crippen molar-refractivity contribution in [2.75, 3.05) is 13.1 Å². The maximum atomic E-state index is 12.2. The summed E-state index contributed by atoms with van der Waals surface area (Å²) in [6, 6.07) is 4.03. The molecule has 0 atom stereocenters. The zero-order valence-corrected chi connectivity index (χ0v) is 15.5. The topological polar surface area (TPSA) is 54.0 Å². The fourth-order valence-electron chi connectivity index (χ4n) is 2.15. The van der Waals surface area contributed by atoms with Crippen LogP contribution >= 0.6 is 59.1 Å². The van der Waals surface area contributed by atoms with Crippen LogP contribution in [0.1, 0.15) is 23.3 Å². The molecule has 122 valence electrons. The third kappa shape index (κ3) is 4.81. The minimum absolute atomic E-state index is 0. The van der Waals surface area contributed by atoms with E-state index >= 15 is 0 Å². The van der Waals surface area contributed by atoms with Crippen molar-refractivity contribution in [3.63, 3.8) is 0 Å². The lowest BCUT2D eigenvalue weighted by Crippen LogP contribution is -2.42. The number of amides is 1. The third-order valence-corrected chi connectivity index (χ3v) is 5.44. The van der Waals surface area contributed by atoms with Crippen LogP contribution in [0.25, 0.3) is 9.88 Å². The normalized spacial score (nSPS) is 14.8. The predicted molar refractivity (Wildman–Crippen MR) is 98.3 cm³/mol. The molecule has 1 fully saturated rings. The van der Waals surface area contributed by atoms with Gasteiger partial charge in [0.25, 0.3) is 5.91 Å². The van der Waals surface area contributed by atoms with Gasteiger partial charge in [0.1, 0.15) is 10.7 Å². The van der Waals surface area contributed by atoms with Crippen LogP contribution in [0, 0.1) is 0 Å². The van der Waals surface area contributed by atoms with Gasteiger partial charge in [-0.15, -0.1) is 47.5 Å². The zero-order chi connectivity index (χ0) is 13.9. The zero-order valence-electron chi connectivity index (χ0n) is 11.5. The maximum absolute atomic E-state index is 12.2. The first-order valence-corrected chi connectivity index (χ1v) is 8.52. The van der Waals surface area contributed by atoms with E-state index in [0.29, 0.717) is 5.69 Å². The van der Waals surface area contributed by atoms with Gasteiger partial charge >= 0.3 is 0 Å². The molecule has 0 saturated carbocycles. The molecule has 1 aliphatic rings. The summed E-state index contributed by atoms with van der Waals surface area (Å²) in [5.41, 5.74) is 0.494. The van der Waals surface area contributed by atoms with E-state index in [1.54, 1.807) is 5.38 Å². The van der Waals surface area contributed by atoms with Gasteiger partial charge in [-0.3, -0.25) is 4.79 Å². The summed E-state index contributed by atoms with van der Waals surface area (Å²) >= 11 is 8.87. The molecule has 0 aliphatic carbocycles. The highest BCUT2D eigenvalue weighted by atomic mass is 35.5. The second kappa shape index (κ2) is 9.05. The van der Waals surface area contributed by atoms with E-state index in [1.165, 1.54) is 22.7 Å². The van der Waals surface area contributed by atoms with E-state index in [4.69, 9.17) is 11.6 Å². The summed E-state index contributed by atoms with van der Waals surface area (Å²) in [6.07, 6.45) is 1.95. The Morgan fingerprint density at radius 1 is 1.32 bits per heavy atom. The molecule has 0 radical (unpaired) electrons. The maximum Gasteiger partial charge on any atom is 0.270 e. The van der Waals surface area contributed by atoms with Gasteiger partial charge in [-0.2, -0.15) is 0 Å². The summed E-state index contributed by atoms with van der Waals surface area (Å²) in [5, 5.41) is 8.98. The van der Waals surface area contributed by atoms with Crippen LogP contribution < -0.4 is 10.6 Å². The molecule has 1 amide bonds. The lowest BCUT2D eigenvalue weighted by atomic mass is 10.1. The molecule has 2 N–H and O–H groups in total. The number of nitrogens with one attached hydrogen (secondary N) is 2. The monoisotopic (exact) mass is 399 g/mol. The molecule has 0 aromatic carbocycles. The molecule has 22 heavy (non-hydrogen) atoms. The van der Waals surface area contributed by atoms with E-state index in [1.807, 2.05) is 12.1 Å². The molecule has 2 aromatic rings. The number of hydrogen-bond donors (Lipinski definition) is 2. The van der Waals surface area contributed by atoms with Gasteiger partial charge in [0.05, 0.1) is 9.21 Å². The van der Waals surface area contributed by atoms with Crippen molar-refractivity contribution in [3.8, 4) is 9.88 Å². The van der Waals surface area contributed by atoms with Crippen molar-refractivity contribution >= 4 is 65.0 Å². The molecular formula is C13H16Cl3N3OS2. The van der Waals surface area contributed by atoms with Crippen LogP contribution in [0.5, 0.6) is 0 Å². The fraction of sp³-hybridized carbons (Fsp3) is 0.385. The second-order valence-electron chi connectivity index (χ2n) is 4.64. The third-order valence-electron chi connectivity index (χ3n) is 3.20. The number of aromatic nitrogens is 1. The van der Waals surface area contributed by atoms with Crippen molar-refractivity contribution in [1.82, 2.24) is 15.6 Å². The second-order valence-corrected chi connectivity index (χ2v) is 7.21. The van der Waals surface area contributed by atoms with Gasteiger partial charge in [-0.05, 0) is 38.1 Å². The smallest absolute Gasteiger partial charge is 0.270 e. The van der Waals surface area contributed by atoms with Crippen molar-refractivity contribution in [1.29, 1.82) is 0 Å². The van der Waals surface area contributed by atoms with Gasteiger partial charge in [0.2, 0.25) is 0 Å². The van der Waals surface area contributed by atoms with E-state index in [0.717, 1.165) is 40.2 Å². The lowest BCUT2D eigenvalue weighted by molar-refractivity contribution is 0.0925. The van der Waals surface area contributed by atoms with Gasteiger partial charge in [0.15, 0.2) is 0 Å². The predicted octanol–water partition coefficient (Wildman–Crippen LogP) is 3.85. The quantitative estimate of drug-likeness (QED) is 0.823. The Balaban J connectivity index is 0.00000121. The number of thiazole rings is 1. The molecular weight excluding hydrogens is 385 g/mol. The Bertz CT molecular complexity index is 611. The van der Waals surface area contributed by atoms with Crippen LogP contribution in [-0.4, -0.2) is 30.0 Å². The summed E-state index contributed by atoms with van der Waals surface area (Å²) in [6.45, 7) is 1.92. The molecule has 0 bridgehead atoms. The van der Waals surface area contributed by atoms with Crippen molar-refractivity contribution in [2.24, 2.45) is 0 Å². The molecule has 3 heterocycles. The van der Waals surface area contributed by atoms with E-state index in [2.05, 4.69) is 15.6 Å². The minimum Gasteiger partial charge on any atom is -0.348 e.